The second-order valence-corrected chi connectivity index (χ2v) is 8.89. The van der Waals surface area contributed by atoms with Crippen LogP contribution in [0.4, 0.5) is 0 Å². The van der Waals surface area contributed by atoms with Crippen LogP contribution in [0.1, 0.15) is 83.6 Å². The van der Waals surface area contributed by atoms with Crippen LogP contribution in [0.3, 0.4) is 0 Å². The zero-order valence-electron chi connectivity index (χ0n) is 17.4. The Balaban J connectivity index is 1.31. The SMILES string of the molecule is CNC(=O)c1ccc(C2CCC([C@@H](O)c3c(C4CC4)ccc4cncn34)CC2)cc1. The summed E-state index contributed by atoms with van der Waals surface area (Å²) in [5, 5.41) is 14.1. The van der Waals surface area contributed by atoms with E-state index in [0.29, 0.717) is 17.4 Å². The zero-order chi connectivity index (χ0) is 20.7. The van der Waals surface area contributed by atoms with Crippen LogP contribution >= 0.6 is 0 Å². The van der Waals surface area contributed by atoms with Gasteiger partial charge in [0, 0.05) is 12.6 Å². The van der Waals surface area contributed by atoms with E-state index in [2.05, 4.69) is 39.0 Å². The molecule has 156 valence electrons. The molecule has 3 aromatic rings. The fourth-order valence-electron chi connectivity index (χ4n) is 5.12. The summed E-state index contributed by atoms with van der Waals surface area (Å²) in [6.45, 7) is 0. The normalized spacial score (nSPS) is 22.7. The first-order chi connectivity index (χ1) is 14.7. The molecule has 2 heterocycles. The van der Waals surface area contributed by atoms with E-state index in [4.69, 9.17) is 0 Å². The number of aromatic nitrogens is 2. The van der Waals surface area contributed by atoms with Crippen LogP contribution in [0.5, 0.6) is 0 Å². The van der Waals surface area contributed by atoms with E-state index in [1.165, 1.54) is 24.0 Å². The predicted molar refractivity (Wildman–Crippen MR) is 117 cm³/mol. The number of fused-ring (bicyclic) bond motifs is 1. The monoisotopic (exact) mass is 403 g/mol. The number of hydrogen-bond donors (Lipinski definition) is 2. The Bertz CT molecular complexity index is 1040. The molecule has 0 radical (unpaired) electrons. The van der Waals surface area contributed by atoms with E-state index in [1.807, 2.05) is 24.7 Å². The van der Waals surface area contributed by atoms with E-state index in [1.54, 1.807) is 7.05 Å². The molecule has 0 unspecified atom stereocenters. The fourth-order valence-corrected chi connectivity index (χ4v) is 5.12. The summed E-state index contributed by atoms with van der Waals surface area (Å²) in [5.74, 6) is 1.32. The molecule has 30 heavy (non-hydrogen) atoms. The van der Waals surface area contributed by atoms with Gasteiger partial charge in [-0.15, -0.1) is 0 Å². The first-order valence-corrected chi connectivity index (χ1v) is 11.1. The van der Waals surface area contributed by atoms with Gasteiger partial charge in [0.2, 0.25) is 0 Å². The van der Waals surface area contributed by atoms with E-state index in [0.717, 1.165) is 36.9 Å². The van der Waals surface area contributed by atoms with Crippen LogP contribution in [-0.2, 0) is 0 Å². The number of aliphatic hydroxyl groups is 1. The maximum Gasteiger partial charge on any atom is 0.251 e. The van der Waals surface area contributed by atoms with Gasteiger partial charge in [0.25, 0.3) is 5.91 Å². The number of nitrogens with zero attached hydrogens (tertiary/aromatic N) is 2. The van der Waals surface area contributed by atoms with Gasteiger partial charge < -0.3 is 14.8 Å². The van der Waals surface area contributed by atoms with Crippen molar-refractivity contribution in [3.05, 3.63) is 71.3 Å². The van der Waals surface area contributed by atoms with Crippen LogP contribution in [-0.4, -0.2) is 27.4 Å². The molecule has 2 saturated carbocycles. The van der Waals surface area contributed by atoms with Gasteiger partial charge in [0.05, 0.1) is 29.8 Å². The fraction of sp³-hybridized carbons (Fsp3) is 0.440. The molecule has 2 aliphatic carbocycles. The second kappa shape index (κ2) is 7.88. The third-order valence-corrected chi connectivity index (χ3v) is 7.04. The van der Waals surface area contributed by atoms with Gasteiger partial charge in [-0.25, -0.2) is 4.98 Å². The lowest BCUT2D eigenvalue weighted by atomic mass is 9.75. The molecule has 0 spiro atoms. The molecule has 5 heteroatoms. The highest BCUT2D eigenvalue weighted by molar-refractivity contribution is 5.93. The molecule has 2 fully saturated rings. The summed E-state index contributed by atoms with van der Waals surface area (Å²) < 4.78 is 2.10. The first kappa shape index (κ1) is 19.3. The van der Waals surface area contributed by atoms with E-state index < -0.39 is 6.10 Å². The van der Waals surface area contributed by atoms with Gasteiger partial charge in [-0.05, 0) is 85.6 Å². The number of imidazole rings is 1. The van der Waals surface area contributed by atoms with E-state index >= 15 is 0 Å². The third-order valence-electron chi connectivity index (χ3n) is 7.04. The Hall–Kier alpha value is -2.66. The van der Waals surface area contributed by atoms with Crippen molar-refractivity contribution in [2.75, 3.05) is 7.05 Å². The Morgan fingerprint density at radius 3 is 2.40 bits per heavy atom. The smallest absolute Gasteiger partial charge is 0.251 e. The number of hydrogen-bond acceptors (Lipinski definition) is 3. The molecule has 1 aromatic carbocycles. The lowest BCUT2D eigenvalue weighted by Gasteiger charge is -2.33. The highest BCUT2D eigenvalue weighted by Crippen LogP contribution is 2.47. The Morgan fingerprint density at radius 2 is 1.73 bits per heavy atom. The van der Waals surface area contributed by atoms with E-state index in [-0.39, 0.29) is 11.8 Å². The minimum Gasteiger partial charge on any atom is -0.387 e. The lowest BCUT2D eigenvalue weighted by Crippen LogP contribution is -2.22. The maximum absolute atomic E-state index is 11.8. The van der Waals surface area contributed by atoms with Gasteiger partial charge >= 0.3 is 0 Å². The quantitative estimate of drug-likeness (QED) is 0.655. The van der Waals surface area contributed by atoms with E-state index in [9.17, 15) is 9.90 Å². The van der Waals surface area contributed by atoms with Crippen molar-refractivity contribution in [3.8, 4) is 0 Å². The number of carbonyl (C=O) groups is 1. The number of rotatable bonds is 5. The lowest BCUT2D eigenvalue weighted by molar-refractivity contribution is 0.0754. The third kappa shape index (κ3) is 3.52. The van der Waals surface area contributed by atoms with Crippen molar-refractivity contribution in [3.63, 3.8) is 0 Å². The summed E-state index contributed by atoms with van der Waals surface area (Å²) in [5.41, 5.74) is 5.42. The zero-order valence-corrected chi connectivity index (χ0v) is 17.4. The number of pyridine rings is 1. The molecule has 1 atom stereocenters. The van der Waals surface area contributed by atoms with Crippen LogP contribution in [0.2, 0.25) is 0 Å². The summed E-state index contributed by atoms with van der Waals surface area (Å²) in [6, 6.07) is 12.3. The number of aliphatic hydroxyl groups excluding tert-OH is 1. The molecule has 2 aromatic heterocycles. The number of amides is 1. The topological polar surface area (TPSA) is 66.6 Å². The molecule has 0 bridgehead atoms. The van der Waals surface area contributed by atoms with Crippen LogP contribution in [0, 0.1) is 5.92 Å². The first-order valence-electron chi connectivity index (χ1n) is 11.1. The van der Waals surface area contributed by atoms with Gasteiger partial charge in [-0.2, -0.15) is 0 Å². The molecule has 0 aliphatic heterocycles. The van der Waals surface area contributed by atoms with Crippen molar-refractivity contribution >= 4 is 11.4 Å². The minimum atomic E-state index is -0.449. The standard InChI is InChI=1S/C25H29N3O2/c1-26-25(30)20-10-4-17(5-11-20)16-2-8-19(9-3-16)24(29)23-22(18-6-7-18)13-12-21-14-27-15-28(21)23/h4-5,10-16,18-19,24,29H,2-3,6-9H2,1H3,(H,26,30)/t16?,19?,24-/m1/s1. The Labute approximate surface area is 177 Å². The number of carbonyl (C=O) groups excluding carboxylic acids is 1. The molecule has 5 rings (SSSR count). The van der Waals surface area contributed by atoms with Crippen molar-refractivity contribution in [1.82, 2.24) is 14.7 Å². The summed E-state index contributed by atoms with van der Waals surface area (Å²) >= 11 is 0. The second-order valence-electron chi connectivity index (χ2n) is 8.89. The molecule has 0 saturated heterocycles. The van der Waals surface area contributed by atoms with Gasteiger partial charge in [0.1, 0.15) is 0 Å². The van der Waals surface area contributed by atoms with Gasteiger partial charge in [0.15, 0.2) is 0 Å². The molecule has 2 aliphatic rings. The Morgan fingerprint density at radius 1 is 1.03 bits per heavy atom. The average Bonchev–Trinajstić information content (AvgIpc) is 3.54. The summed E-state index contributed by atoms with van der Waals surface area (Å²) in [4.78, 5) is 16.1. The summed E-state index contributed by atoms with van der Waals surface area (Å²) in [6.07, 6.45) is 9.87. The average molecular weight is 404 g/mol. The highest BCUT2D eigenvalue weighted by Gasteiger charge is 2.34. The molecule has 1 amide bonds. The predicted octanol–water partition coefficient (Wildman–Crippen LogP) is 4.58. The molecule has 2 N–H and O–H groups in total. The van der Waals surface area contributed by atoms with Crippen molar-refractivity contribution in [2.24, 2.45) is 5.92 Å². The van der Waals surface area contributed by atoms with Crippen molar-refractivity contribution in [2.45, 2.75) is 56.5 Å². The minimum absolute atomic E-state index is 0.0477. The molecule has 5 nitrogen and oxygen atoms in total. The Kier molecular flexibility index (Phi) is 5.07. The molecular weight excluding hydrogens is 374 g/mol. The van der Waals surface area contributed by atoms with Gasteiger partial charge in [-0.3, -0.25) is 4.79 Å². The summed E-state index contributed by atoms with van der Waals surface area (Å²) in [7, 11) is 1.65. The largest absolute Gasteiger partial charge is 0.387 e. The van der Waals surface area contributed by atoms with Crippen LogP contribution in [0.25, 0.3) is 5.52 Å². The highest BCUT2D eigenvalue weighted by atomic mass is 16.3. The van der Waals surface area contributed by atoms with Crippen LogP contribution < -0.4 is 5.32 Å². The molecular formula is C25H29N3O2. The van der Waals surface area contributed by atoms with Gasteiger partial charge in [-0.1, -0.05) is 18.2 Å². The van der Waals surface area contributed by atoms with Crippen LogP contribution in [0.15, 0.2) is 48.9 Å². The van der Waals surface area contributed by atoms with Crippen molar-refractivity contribution < 1.29 is 9.90 Å². The van der Waals surface area contributed by atoms with Crippen molar-refractivity contribution in [1.29, 1.82) is 0 Å². The number of benzene rings is 1. The number of nitrogens with one attached hydrogen (secondary N) is 1. The maximum atomic E-state index is 11.8.